The normalized spacial score (nSPS) is 10.5. The molecule has 0 radical (unpaired) electrons. The third kappa shape index (κ3) is 5.33. The van der Waals surface area contributed by atoms with E-state index in [0.29, 0.717) is 11.6 Å². The van der Waals surface area contributed by atoms with Gasteiger partial charge in [-0.2, -0.15) is 0 Å². The van der Waals surface area contributed by atoms with Gasteiger partial charge in [-0.25, -0.2) is 9.97 Å². The van der Waals surface area contributed by atoms with E-state index in [1.807, 2.05) is 7.05 Å². The molecule has 1 aromatic rings. The minimum atomic E-state index is -0.0277. The molecular formula is C16H28N4O. The molecule has 0 aliphatic heterocycles. The highest BCUT2D eigenvalue weighted by Crippen LogP contribution is 2.10. The monoisotopic (exact) mass is 292 g/mol. The molecule has 0 aromatic carbocycles. The van der Waals surface area contributed by atoms with Gasteiger partial charge >= 0.3 is 0 Å². The first-order chi connectivity index (χ1) is 10.1. The van der Waals surface area contributed by atoms with Crippen LogP contribution in [0, 0.1) is 0 Å². The van der Waals surface area contributed by atoms with Gasteiger partial charge in [0.15, 0.2) is 0 Å². The van der Waals surface area contributed by atoms with Crippen molar-refractivity contribution in [1.29, 1.82) is 0 Å². The average molecular weight is 292 g/mol. The summed E-state index contributed by atoms with van der Waals surface area (Å²) in [6.07, 6.45) is 5.85. The van der Waals surface area contributed by atoms with Crippen molar-refractivity contribution in [1.82, 2.24) is 14.9 Å². The SMILES string of the molecule is CCCCN(C)C(=O)c1ccnc(N(CCC)CCC)n1. The Balaban J connectivity index is 2.85. The summed E-state index contributed by atoms with van der Waals surface area (Å²) in [7, 11) is 1.83. The third-order valence-corrected chi connectivity index (χ3v) is 3.33. The maximum absolute atomic E-state index is 12.4. The van der Waals surface area contributed by atoms with Crippen LogP contribution in [-0.4, -0.2) is 47.5 Å². The molecule has 0 spiro atoms. The Morgan fingerprint density at radius 2 is 1.76 bits per heavy atom. The Bertz CT molecular complexity index is 430. The number of carbonyl (C=O) groups is 1. The summed E-state index contributed by atoms with van der Waals surface area (Å²) in [4.78, 5) is 25.0. The van der Waals surface area contributed by atoms with Gasteiger partial charge in [-0.1, -0.05) is 27.2 Å². The smallest absolute Gasteiger partial charge is 0.272 e. The molecule has 0 fully saturated rings. The maximum atomic E-state index is 12.4. The Morgan fingerprint density at radius 3 is 2.33 bits per heavy atom. The number of amides is 1. The van der Waals surface area contributed by atoms with Crippen molar-refractivity contribution in [3.63, 3.8) is 0 Å². The van der Waals surface area contributed by atoms with E-state index < -0.39 is 0 Å². The Morgan fingerprint density at radius 1 is 1.10 bits per heavy atom. The van der Waals surface area contributed by atoms with Crippen molar-refractivity contribution in [2.45, 2.75) is 46.5 Å². The lowest BCUT2D eigenvalue weighted by atomic mass is 10.3. The summed E-state index contributed by atoms with van der Waals surface area (Å²) in [6.45, 7) is 8.98. The van der Waals surface area contributed by atoms with Gasteiger partial charge in [0, 0.05) is 32.9 Å². The highest BCUT2D eigenvalue weighted by Gasteiger charge is 2.15. The molecule has 21 heavy (non-hydrogen) atoms. The highest BCUT2D eigenvalue weighted by molar-refractivity contribution is 5.92. The molecule has 0 saturated carbocycles. The molecule has 0 unspecified atom stereocenters. The van der Waals surface area contributed by atoms with Crippen LogP contribution in [0.5, 0.6) is 0 Å². The van der Waals surface area contributed by atoms with Crippen LogP contribution in [0.25, 0.3) is 0 Å². The first-order valence-electron chi connectivity index (χ1n) is 7.97. The van der Waals surface area contributed by atoms with Crippen molar-refractivity contribution in [2.24, 2.45) is 0 Å². The van der Waals surface area contributed by atoms with Crippen LogP contribution in [-0.2, 0) is 0 Å². The first kappa shape index (κ1) is 17.4. The van der Waals surface area contributed by atoms with Crippen molar-refractivity contribution < 1.29 is 4.79 Å². The van der Waals surface area contributed by atoms with E-state index in [-0.39, 0.29) is 5.91 Å². The largest absolute Gasteiger partial charge is 0.341 e. The van der Waals surface area contributed by atoms with Crippen LogP contribution in [0.4, 0.5) is 5.95 Å². The number of aromatic nitrogens is 2. The first-order valence-corrected chi connectivity index (χ1v) is 7.97. The molecule has 1 aromatic heterocycles. The molecule has 0 atom stereocenters. The minimum Gasteiger partial charge on any atom is -0.341 e. The van der Waals surface area contributed by atoms with E-state index in [9.17, 15) is 4.79 Å². The summed E-state index contributed by atoms with van der Waals surface area (Å²) >= 11 is 0. The predicted octanol–water partition coefficient (Wildman–Crippen LogP) is 2.98. The molecule has 0 saturated heterocycles. The van der Waals surface area contributed by atoms with Crippen LogP contribution in [0.15, 0.2) is 12.3 Å². The molecule has 1 heterocycles. The fraction of sp³-hybridized carbons (Fsp3) is 0.688. The molecule has 118 valence electrons. The van der Waals surface area contributed by atoms with E-state index >= 15 is 0 Å². The lowest BCUT2D eigenvalue weighted by molar-refractivity contribution is 0.0787. The van der Waals surface area contributed by atoms with E-state index in [1.165, 1.54) is 0 Å². The number of nitrogens with zero attached hydrogens (tertiary/aromatic N) is 4. The van der Waals surface area contributed by atoms with Crippen LogP contribution < -0.4 is 4.90 Å². The fourth-order valence-electron chi connectivity index (χ4n) is 2.16. The molecule has 0 aliphatic carbocycles. The van der Waals surface area contributed by atoms with E-state index in [2.05, 4.69) is 35.6 Å². The van der Waals surface area contributed by atoms with E-state index in [1.54, 1.807) is 17.2 Å². The second-order valence-electron chi connectivity index (χ2n) is 5.31. The maximum Gasteiger partial charge on any atom is 0.272 e. The van der Waals surface area contributed by atoms with Gasteiger partial charge in [-0.05, 0) is 25.3 Å². The zero-order valence-electron chi connectivity index (χ0n) is 13.8. The van der Waals surface area contributed by atoms with Crippen molar-refractivity contribution in [2.75, 3.05) is 31.6 Å². The second-order valence-corrected chi connectivity index (χ2v) is 5.31. The fourth-order valence-corrected chi connectivity index (χ4v) is 2.16. The van der Waals surface area contributed by atoms with Gasteiger partial charge in [-0.3, -0.25) is 4.79 Å². The summed E-state index contributed by atoms with van der Waals surface area (Å²) < 4.78 is 0. The van der Waals surface area contributed by atoms with Crippen LogP contribution in [0.2, 0.25) is 0 Å². The third-order valence-electron chi connectivity index (χ3n) is 3.33. The Labute approximate surface area is 128 Å². The molecule has 0 N–H and O–H groups in total. The Kier molecular flexibility index (Phi) is 7.72. The molecule has 0 bridgehead atoms. The van der Waals surface area contributed by atoms with Gasteiger partial charge in [0.2, 0.25) is 5.95 Å². The summed E-state index contributed by atoms with van der Waals surface area (Å²) in [6, 6.07) is 1.70. The summed E-state index contributed by atoms with van der Waals surface area (Å²) in [5, 5.41) is 0. The van der Waals surface area contributed by atoms with Crippen LogP contribution in [0.1, 0.15) is 56.9 Å². The summed E-state index contributed by atoms with van der Waals surface area (Å²) in [5.74, 6) is 0.633. The van der Waals surface area contributed by atoms with Crippen molar-refractivity contribution in [3.05, 3.63) is 18.0 Å². The van der Waals surface area contributed by atoms with Crippen LogP contribution >= 0.6 is 0 Å². The number of hydrogen-bond donors (Lipinski definition) is 0. The second kappa shape index (κ2) is 9.32. The molecule has 5 nitrogen and oxygen atoms in total. The number of anilines is 1. The van der Waals surface area contributed by atoms with Gasteiger partial charge < -0.3 is 9.80 Å². The summed E-state index contributed by atoms with van der Waals surface area (Å²) in [5.41, 5.74) is 0.482. The molecular weight excluding hydrogens is 264 g/mol. The number of hydrogen-bond acceptors (Lipinski definition) is 4. The van der Waals surface area contributed by atoms with Gasteiger partial charge in [0.25, 0.3) is 5.91 Å². The minimum absolute atomic E-state index is 0.0277. The number of carbonyl (C=O) groups excluding carboxylic acids is 1. The molecule has 5 heteroatoms. The molecule has 1 amide bonds. The number of rotatable bonds is 9. The van der Waals surface area contributed by atoms with Crippen LogP contribution in [0.3, 0.4) is 0 Å². The molecule has 1 rings (SSSR count). The van der Waals surface area contributed by atoms with Gasteiger partial charge in [0.1, 0.15) is 5.69 Å². The van der Waals surface area contributed by atoms with E-state index in [0.717, 1.165) is 45.3 Å². The lowest BCUT2D eigenvalue weighted by Crippen LogP contribution is -2.31. The standard InChI is InChI=1S/C16H28N4O/c1-5-8-13-19(4)15(21)14-9-10-17-16(18-14)20(11-6-2)12-7-3/h9-10H,5-8,11-13H2,1-4H3. The van der Waals surface area contributed by atoms with E-state index in [4.69, 9.17) is 0 Å². The van der Waals surface area contributed by atoms with Crippen molar-refractivity contribution >= 4 is 11.9 Å². The topological polar surface area (TPSA) is 49.3 Å². The quantitative estimate of drug-likeness (QED) is 0.702. The zero-order chi connectivity index (χ0) is 15.7. The van der Waals surface area contributed by atoms with Gasteiger partial charge in [0.05, 0.1) is 0 Å². The Hall–Kier alpha value is -1.65. The number of unbranched alkanes of at least 4 members (excludes halogenated alkanes) is 1. The lowest BCUT2D eigenvalue weighted by Gasteiger charge is -2.22. The molecule has 0 aliphatic rings. The predicted molar refractivity (Wildman–Crippen MR) is 86.7 cm³/mol. The highest BCUT2D eigenvalue weighted by atomic mass is 16.2. The van der Waals surface area contributed by atoms with Crippen molar-refractivity contribution in [3.8, 4) is 0 Å². The zero-order valence-corrected chi connectivity index (χ0v) is 13.8. The average Bonchev–Trinajstić information content (AvgIpc) is 2.51. The van der Waals surface area contributed by atoms with Gasteiger partial charge in [-0.15, -0.1) is 0 Å².